The second-order valence-electron chi connectivity index (χ2n) is 6.65. The van der Waals surface area contributed by atoms with E-state index < -0.39 is 0 Å². The van der Waals surface area contributed by atoms with Gasteiger partial charge in [-0.25, -0.2) is 0 Å². The van der Waals surface area contributed by atoms with Gasteiger partial charge in [0.2, 0.25) is 0 Å². The molecule has 1 saturated heterocycles. The fourth-order valence-corrected chi connectivity index (χ4v) is 3.67. The summed E-state index contributed by atoms with van der Waals surface area (Å²) in [7, 11) is 3.33. The highest BCUT2D eigenvalue weighted by Gasteiger charge is 2.33. The molecule has 2 N–H and O–H groups in total. The van der Waals surface area contributed by atoms with Gasteiger partial charge in [0.25, 0.3) is 5.91 Å². The number of methoxy groups -OCH3 is 2. The first-order chi connectivity index (χ1) is 12.7. The second-order valence-corrected chi connectivity index (χ2v) is 6.65. The van der Waals surface area contributed by atoms with Crippen LogP contribution in [0.5, 0.6) is 11.5 Å². The molecule has 1 aliphatic heterocycles. The van der Waals surface area contributed by atoms with Gasteiger partial charge in [0.05, 0.1) is 26.3 Å². The quantitative estimate of drug-likeness (QED) is 0.795. The number of likely N-dealkylation sites (tertiary alicyclic amines) is 1. The molecular formula is C21H27N2O3+. The van der Waals surface area contributed by atoms with Gasteiger partial charge in [-0.3, -0.25) is 4.79 Å². The third kappa shape index (κ3) is 4.35. The Morgan fingerprint density at radius 2 is 1.96 bits per heavy atom. The first-order valence-electron chi connectivity index (χ1n) is 9.08. The number of rotatable bonds is 7. The van der Waals surface area contributed by atoms with Crippen molar-refractivity contribution in [1.29, 1.82) is 0 Å². The number of benzene rings is 2. The van der Waals surface area contributed by atoms with E-state index in [2.05, 4.69) is 11.4 Å². The minimum Gasteiger partial charge on any atom is -0.497 e. The van der Waals surface area contributed by atoms with Gasteiger partial charge in [-0.15, -0.1) is 0 Å². The summed E-state index contributed by atoms with van der Waals surface area (Å²) in [5.74, 6) is 1.70. The van der Waals surface area contributed by atoms with Crippen LogP contribution in [0.1, 0.15) is 30.0 Å². The average Bonchev–Trinajstić information content (AvgIpc) is 3.14. The molecule has 1 unspecified atom stereocenters. The zero-order valence-corrected chi connectivity index (χ0v) is 15.5. The highest BCUT2D eigenvalue weighted by atomic mass is 16.5. The largest absolute Gasteiger partial charge is 0.497 e. The SMILES string of the molecule is COc1ccc([C@H]2CCC[NH+]2CC(=O)NCc2ccccc2)c(OC)c1. The molecular weight excluding hydrogens is 328 g/mol. The van der Waals surface area contributed by atoms with Crippen LogP contribution in [0, 0.1) is 0 Å². The Balaban J connectivity index is 1.64. The molecule has 1 aliphatic rings. The number of carbonyl (C=O) groups is 1. The van der Waals surface area contributed by atoms with Crippen LogP contribution in [0.2, 0.25) is 0 Å². The van der Waals surface area contributed by atoms with Crippen LogP contribution < -0.4 is 19.7 Å². The third-order valence-corrected chi connectivity index (χ3v) is 5.02. The molecule has 2 atom stereocenters. The number of hydrogen-bond donors (Lipinski definition) is 2. The maximum Gasteiger partial charge on any atom is 0.275 e. The Morgan fingerprint density at radius 3 is 2.69 bits per heavy atom. The summed E-state index contributed by atoms with van der Waals surface area (Å²) >= 11 is 0. The van der Waals surface area contributed by atoms with E-state index in [1.165, 1.54) is 4.90 Å². The molecule has 0 radical (unpaired) electrons. The predicted octanol–water partition coefficient (Wildman–Crippen LogP) is 1.74. The fraction of sp³-hybridized carbons (Fsp3) is 0.381. The van der Waals surface area contributed by atoms with Gasteiger partial charge in [-0.1, -0.05) is 30.3 Å². The van der Waals surface area contributed by atoms with E-state index in [0.29, 0.717) is 13.1 Å². The zero-order valence-electron chi connectivity index (χ0n) is 15.5. The van der Waals surface area contributed by atoms with Gasteiger partial charge < -0.3 is 19.7 Å². The van der Waals surface area contributed by atoms with Crippen molar-refractivity contribution >= 4 is 5.91 Å². The standard InChI is InChI=1S/C21H26N2O3/c1-25-17-10-11-18(20(13-17)26-2)19-9-6-12-23(19)15-21(24)22-14-16-7-4-3-5-8-16/h3-5,7-8,10-11,13,19H,6,9,12,14-15H2,1-2H3,(H,22,24)/p+1/t19-/m1/s1. The molecule has 5 heteroatoms. The van der Waals surface area contributed by atoms with Crippen molar-refractivity contribution in [3.8, 4) is 11.5 Å². The van der Waals surface area contributed by atoms with Crippen molar-refractivity contribution in [2.24, 2.45) is 0 Å². The van der Waals surface area contributed by atoms with Gasteiger partial charge in [0, 0.05) is 25.5 Å². The Kier molecular flexibility index (Phi) is 6.12. The lowest BCUT2D eigenvalue weighted by molar-refractivity contribution is -0.910. The van der Waals surface area contributed by atoms with Crippen LogP contribution in [0.25, 0.3) is 0 Å². The third-order valence-electron chi connectivity index (χ3n) is 5.02. The zero-order chi connectivity index (χ0) is 18.4. The molecule has 138 valence electrons. The van der Waals surface area contributed by atoms with E-state index in [4.69, 9.17) is 9.47 Å². The summed E-state index contributed by atoms with van der Waals surface area (Å²) in [6.45, 7) is 2.05. The molecule has 2 aromatic carbocycles. The van der Waals surface area contributed by atoms with E-state index in [1.54, 1.807) is 14.2 Å². The molecule has 5 nitrogen and oxygen atoms in total. The number of nitrogens with one attached hydrogen (secondary N) is 2. The van der Waals surface area contributed by atoms with Crippen molar-refractivity contribution in [2.75, 3.05) is 27.3 Å². The van der Waals surface area contributed by atoms with Crippen LogP contribution >= 0.6 is 0 Å². The van der Waals surface area contributed by atoms with Gasteiger partial charge in [-0.2, -0.15) is 0 Å². The van der Waals surface area contributed by atoms with Gasteiger partial charge in [0.15, 0.2) is 6.54 Å². The highest BCUT2D eigenvalue weighted by Crippen LogP contribution is 2.31. The number of hydrogen-bond acceptors (Lipinski definition) is 3. The van der Waals surface area contributed by atoms with Crippen LogP contribution in [-0.2, 0) is 11.3 Å². The predicted molar refractivity (Wildman–Crippen MR) is 101 cm³/mol. The number of quaternary nitrogens is 1. The maximum atomic E-state index is 12.4. The number of ether oxygens (including phenoxy) is 2. The normalized spacial score (nSPS) is 19.2. The minimum atomic E-state index is 0.0863. The lowest BCUT2D eigenvalue weighted by Gasteiger charge is -2.23. The topological polar surface area (TPSA) is 52.0 Å². The molecule has 1 amide bonds. The van der Waals surface area contributed by atoms with Crippen LogP contribution in [0.3, 0.4) is 0 Å². The molecule has 2 aromatic rings. The van der Waals surface area contributed by atoms with E-state index in [-0.39, 0.29) is 11.9 Å². The van der Waals surface area contributed by atoms with Crippen molar-refractivity contribution in [2.45, 2.75) is 25.4 Å². The Labute approximate surface area is 154 Å². The van der Waals surface area contributed by atoms with E-state index >= 15 is 0 Å². The smallest absolute Gasteiger partial charge is 0.275 e. The average molecular weight is 355 g/mol. The summed E-state index contributed by atoms with van der Waals surface area (Å²) in [5.41, 5.74) is 2.27. The Morgan fingerprint density at radius 1 is 1.15 bits per heavy atom. The fourth-order valence-electron chi connectivity index (χ4n) is 3.67. The molecule has 0 saturated carbocycles. The van der Waals surface area contributed by atoms with Crippen molar-refractivity contribution in [1.82, 2.24) is 5.32 Å². The Bertz CT molecular complexity index is 733. The molecule has 1 heterocycles. The molecule has 3 rings (SSSR count). The van der Waals surface area contributed by atoms with Gasteiger partial charge in [-0.05, 0) is 17.7 Å². The van der Waals surface area contributed by atoms with E-state index in [0.717, 1.165) is 42.0 Å². The van der Waals surface area contributed by atoms with Gasteiger partial charge >= 0.3 is 0 Å². The van der Waals surface area contributed by atoms with Crippen molar-refractivity contribution in [3.63, 3.8) is 0 Å². The Hall–Kier alpha value is -2.53. The first-order valence-corrected chi connectivity index (χ1v) is 9.08. The molecule has 1 fully saturated rings. The molecule has 26 heavy (non-hydrogen) atoms. The number of amides is 1. The lowest BCUT2D eigenvalue weighted by Crippen LogP contribution is -3.11. The van der Waals surface area contributed by atoms with Gasteiger partial charge in [0.1, 0.15) is 17.5 Å². The van der Waals surface area contributed by atoms with Crippen LogP contribution in [0.4, 0.5) is 0 Å². The summed E-state index contributed by atoms with van der Waals surface area (Å²) in [6, 6.07) is 16.2. The summed E-state index contributed by atoms with van der Waals surface area (Å²) in [6.07, 6.45) is 2.17. The second kappa shape index (κ2) is 8.72. The molecule has 0 aliphatic carbocycles. The molecule has 0 aromatic heterocycles. The van der Waals surface area contributed by atoms with E-state index in [1.807, 2.05) is 42.5 Å². The van der Waals surface area contributed by atoms with E-state index in [9.17, 15) is 4.79 Å². The summed E-state index contributed by atoms with van der Waals surface area (Å²) in [4.78, 5) is 13.7. The lowest BCUT2D eigenvalue weighted by atomic mass is 10.0. The first kappa shape index (κ1) is 18.3. The minimum absolute atomic E-state index is 0.0863. The number of carbonyl (C=O) groups excluding carboxylic acids is 1. The highest BCUT2D eigenvalue weighted by molar-refractivity contribution is 5.76. The molecule has 0 bridgehead atoms. The summed E-state index contributed by atoms with van der Waals surface area (Å²) < 4.78 is 10.9. The molecule has 0 spiro atoms. The monoisotopic (exact) mass is 355 g/mol. The summed E-state index contributed by atoms with van der Waals surface area (Å²) in [5, 5.41) is 3.03. The van der Waals surface area contributed by atoms with Crippen LogP contribution in [0.15, 0.2) is 48.5 Å². The maximum absolute atomic E-state index is 12.4. The van der Waals surface area contributed by atoms with Crippen LogP contribution in [-0.4, -0.2) is 33.2 Å². The van der Waals surface area contributed by atoms with Crippen molar-refractivity contribution in [3.05, 3.63) is 59.7 Å². The van der Waals surface area contributed by atoms with Crippen molar-refractivity contribution < 1.29 is 19.2 Å².